The molecule has 0 unspecified atom stereocenters. The molecule has 3 N–H and O–H groups in total. The van der Waals surface area contributed by atoms with E-state index in [1.165, 1.54) is 11.1 Å². The van der Waals surface area contributed by atoms with Gasteiger partial charge in [0, 0.05) is 0 Å². The molecule has 0 bridgehead atoms. The average molecular weight is 278 g/mol. The molecule has 1 saturated carbocycles. The van der Waals surface area contributed by atoms with E-state index in [0.717, 1.165) is 17.9 Å². The summed E-state index contributed by atoms with van der Waals surface area (Å²) >= 11 is 4.76. The van der Waals surface area contributed by atoms with Gasteiger partial charge in [-0.15, -0.1) is 0 Å². The van der Waals surface area contributed by atoms with E-state index in [-0.39, 0.29) is 16.6 Å². The summed E-state index contributed by atoms with van der Waals surface area (Å²) in [5.41, 5.74) is 8.27. The standard InChI is InChI=1S/C15H22N2OS/c1-15(2,3)12-6-4-10(5-7-12)11-8-13(9-11)17(18)14(16)19/h4-7,11,13,18H,8-9H2,1-3H3,(H2,16,19). The van der Waals surface area contributed by atoms with E-state index in [1.807, 2.05) is 0 Å². The van der Waals surface area contributed by atoms with E-state index >= 15 is 0 Å². The van der Waals surface area contributed by atoms with Gasteiger partial charge in [0.15, 0.2) is 5.11 Å². The Bertz CT molecular complexity index is 458. The van der Waals surface area contributed by atoms with E-state index in [1.54, 1.807) is 0 Å². The van der Waals surface area contributed by atoms with Gasteiger partial charge in [-0.3, -0.25) is 5.21 Å². The maximum atomic E-state index is 9.63. The zero-order valence-corrected chi connectivity index (χ0v) is 12.6. The van der Waals surface area contributed by atoms with Crippen LogP contribution in [0.4, 0.5) is 0 Å². The van der Waals surface area contributed by atoms with E-state index in [2.05, 4.69) is 45.0 Å². The van der Waals surface area contributed by atoms with Crippen molar-refractivity contribution in [2.45, 2.75) is 51.0 Å². The second kappa shape index (κ2) is 5.10. The molecule has 1 aliphatic carbocycles. The highest BCUT2D eigenvalue weighted by Crippen LogP contribution is 2.39. The zero-order chi connectivity index (χ0) is 14.2. The fraction of sp³-hybridized carbons (Fsp3) is 0.533. The third-order valence-electron chi connectivity index (χ3n) is 3.93. The van der Waals surface area contributed by atoms with Gasteiger partial charge in [-0.05, 0) is 47.5 Å². The SMILES string of the molecule is CC(C)(C)c1ccc(C2CC(N(O)C(N)=S)C2)cc1. The molecular weight excluding hydrogens is 256 g/mol. The fourth-order valence-corrected chi connectivity index (χ4v) is 2.64. The first-order valence-electron chi connectivity index (χ1n) is 6.67. The van der Waals surface area contributed by atoms with Crippen LogP contribution in [0.15, 0.2) is 24.3 Å². The van der Waals surface area contributed by atoms with Gasteiger partial charge in [-0.25, -0.2) is 5.06 Å². The molecule has 0 heterocycles. The van der Waals surface area contributed by atoms with Crippen molar-refractivity contribution in [1.29, 1.82) is 0 Å². The quantitative estimate of drug-likeness (QED) is 0.644. The number of rotatable bonds is 2. The molecule has 0 saturated heterocycles. The lowest BCUT2D eigenvalue weighted by atomic mass is 9.75. The summed E-state index contributed by atoms with van der Waals surface area (Å²) in [4.78, 5) is 0. The van der Waals surface area contributed by atoms with Crippen LogP contribution in [-0.2, 0) is 5.41 Å². The minimum Gasteiger partial charge on any atom is -0.374 e. The Hall–Kier alpha value is -1.13. The molecular formula is C15H22N2OS. The molecule has 0 amide bonds. The van der Waals surface area contributed by atoms with Crippen LogP contribution in [0.25, 0.3) is 0 Å². The molecule has 2 rings (SSSR count). The minimum atomic E-state index is 0.0616. The van der Waals surface area contributed by atoms with Crippen LogP contribution in [0.2, 0.25) is 0 Å². The van der Waals surface area contributed by atoms with Gasteiger partial charge in [-0.1, -0.05) is 45.0 Å². The summed E-state index contributed by atoms with van der Waals surface area (Å²) in [5, 5.41) is 10.7. The Morgan fingerprint density at radius 1 is 1.26 bits per heavy atom. The largest absolute Gasteiger partial charge is 0.374 e. The maximum absolute atomic E-state index is 9.63. The third-order valence-corrected chi connectivity index (χ3v) is 4.12. The van der Waals surface area contributed by atoms with Crippen LogP contribution in [0.3, 0.4) is 0 Å². The summed E-state index contributed by atoms with van der Waals surface area (Å²) in [6.45, 7) is 6.65. The Balaban J connectivity index is 1.97. The van der Waals surface area contributed by atoms with Gasteiger partial charge in [0.25, 0.3) is 0 Å². The highest BCUT2D eigenvalue weighted by atomic mass is 32.1. The fourth-order valence-electron chi connectivity index (χ4n) is 2.49. The molecule has 0 aromatic heterocycles. The molecule has 4 heteroatoms. The predicted octanol–water partition coefficient (Wildman–Crippen LogP) is 3.16. The number of benzene rings is 1. The van der Waals surface area contributed by atoms with Crippen molar-refractivity contribution in [2.24, 2.45) is 5.73 Å². The molecule has 19 heavy (non-hydrogen) atoms. The Labute approximate surface area is 120 Å². The molecule has 0 aliphatic heterocycles. The lowest BCUT2D eigenvalue weighted by Gasteiger charge is -2.40. The first-order chi connectivity index (χ1) is 8.79. The van der Waals surface area contributed by atoms with Crippen molar-refractivity contribution in [3.05, 3.63) is 35.4 Å². The van der Waals surface area contributed by atoms with Crippen molar-refractivity contribution in [1.82, 2.24) is 5.06 Å². The van der Waals surface area contributed by atoms with Crippen molar-refractivity contribution in [3.63, 3.8) is 0 Å². The van der Waals surface area contributed by atoms with Crippen LogP contribution < -0.4 is 5.73 Å². The Kier molecular flexibility index (Phi) is 3.83. The second-order valence-corrected chi connectivity index (χ2v) is 6.80. The summed E-state index contributed by atoms with van der Waals surface area (Å²) in [6, 6.07) is 8.87. The van der Waals surface area contributed by atoms with Crippen molar-refractivity contribution in [3.8, 4) is 0 Å². The van der Waals surface area contributed by atoms with E-state index < -0.39 is 0 Å². The molecule has 1 fully saturated rings. The van der Waals surface area contributed by atoms with Crippen molar-refractivity contribution >= 4 is 17.3 Å². The minimum absolute atomic E-state index is 0.0616. The van der Waals surface area contributed by atoms with E-state index in [0.29, 0.717) is 5.92 Å². The normalized spacial score (nSPS) is 22.7. The van der Waals surface area contributed by atoms with Crippen LogP contribution in [0, 0.1) is 0 Å². The van der Waals surface area contributed by atoms with Crippen LogP contribution in [-0.4, -0.2) is 21.4 Å². The topological polar surface area (TPSA) is 49.5 Å². The third kappa shape index (κ3) is 3.07. The first-order valence-corrected chi connectivity index (χ1v) is 7.08. The molecule has 3 nitrogen and oxygen atoms in total. The number of hydrogen-bond donors (Lipinski definition) is 2. The molecule has 0 atom stereocenters. The summed E-state index contributed by atoms with van der Waals surface area (Å²) in [7, 11) is 0. The number of nitrogens with two attached hydrogens (primary N) is 1. The highest BCUT2D eigenvalue weighted by Gasteiger charge is 2.35. The zero-order valence-electron chi connectivity index (χ0n) is 11.8. The molecule has 1 aliphatic rings. The van der Waals surface area contributed by atoms with Crippen LogP contribution >= 0.6 is 12.2 Å². The smallest absolute Gasteiger partial charge is 0.190 e. The average Bonchev–Trinajstić information content (AvgIpc) is 2.26. The highest BCUT2D eigenvalue weighted by molar-refractivity contribution is 7.80. The second-order valence-electron chi connectivity index (χ2n) is 6.38. The number of nitrogens with zero attached hydrogens (tertiary/aromatic N) is 1. The van der Waals surface area contributed by atoms with E-state index in [9.17, 15) is 5.21 Å². The molecule has 104 valence electrons. The molecule has 1 aromatic rings. The molecule has 0 spiro atoms. The monoisotopic (exact) mass is 278 g/mol. The summed E-state index contributed by atoms with van der Waals surface area (Å²) in [5.74, 6) is 0.503. The molecule has 1 aromatic carbocycles. The maximum Gasteiger partial charge on any atom is 0.190 e. The Morgan fingerprint density at radius 2 is 1.79 bits per heavy atom. The van der Waals surface area contributed by atoms with Crippen LogP contribution in [0.1, 0.15) is 50.7 Å². The number of thiocarbonyl (C=S) groups is 1. The number of hydroxylamine groups is 2. The van der Waals surface area contributed by atoms with Gasteiger partial charge in [0.05, 0.1) is 6.04 Å². The predicted molar refractivity (Wildman–Crippen MR) is 81.3 cm³/mol. The van der Waals surface area contributed by atoms with Gasteiger partial charge >= 0.3 is 0 Å². The van der Waals surface area contributed by atoms with Crippen molar-refractivity contribution < 1.29 is 5.21 Å². The van der Waals surface area contributed by atoms with Gasteiger partial charge in [-0.2, -0.15) is 0 Å². The lowest BCUT2D eigenvalue weighted by Crippen LogP contribution is -2.47. The van der Waals surface area contributed by atoms with Crippen LogP contribution in [0.5, 0.6) is 0 Å². The summed E-state index contributed by atoms with van der Waals surface area (Å²) < 4.78 is 0. The number of hydrogen-bond acceptors (Lipinski definition) is 2. The molecule has 0 radical (unpaired) electrons. The van der Waals surface area contributed by atoms with E-state index in [4.69, 9.17) is 18.0 Å². The van der Waals surface area contributed by atoms with Gasteiger partial charge < -0.3 is 5.73 Å². The first kappa shape index (κ1) is 14.3. The van der Waals surface area contributed by atoms with Gasteiger partial charge in [0.2, 0.25) is 0 Å². The van der Waals surface area contributed by atoms with Crippen molar-refractivity contribution in [2.75, 3.05) is 0 Å². The lowest BCUT2D eigenvalue weighted by molar-refractivity contribution is -0.0823. The Morgan fingerprint density at radius 3 is 2.21 bits per heavy atom. The summed E-state index contributed by atoms with van der Waals surface area (Å²) in [6.07, 6.45) is 1.81. The van der Waals surface area contributed by atoms with Gasteiger partial charge in [0.1, 0.15) is 0 Å².